The number of hydrogen-bond donors (Lipinski definition) is 1. The fourth-order valence-corrected chi connectivity index (χ4v) is 2.35. The highest BCUT2D eigenvalue weighted by Crippen LogP contribution is 2.20. The van der Waals surface area contributed by atoms with E-state index in [9.17, 15) is 4.79 Å². The second-order valence-electron chi connectivity index (χ2n) is 5.65. The van der Waals surface area contributed by atoms with E-state index in [-0.39, 0.29) is 18.3 Å². The Labute approximate surface area is 140 Å². The maximum absolute atomic E-state index is 12.1. The Kier molecular flexibility index (Phi) is 4.37. The van der Waals surface area contributed by atoms with Gasteiger partial charge in [0.1, 0.15) is 18.1 Å². The smallest absolute Gasteiger partial charge is 0.292 e. The summed E-state index contributed by atoms with van der Waals surface area (Å²) in [5.41, 5.74) is 2.25. The van der Waals surface area contributed by atoms with Crippen molar-refractivity contribution in [3.8, 4) is 5.75 Å². The van der Waals surface area contributed by atoms with Crippen molar-refractivity contribution in [1.82, 2.24) is 9.78 Å². The van der Waals surface area contributed by atoms with Gasteiger partial charge in [-0.25, -0.2) is 0 Å². The highest BCUT2D eigenvalue weighted by atomic mass is 16.5. The Morgan fingerprint density at radius 3 is 2.79 bits per heavy atom. The molecule has 0 fully saturated rings. The number of amides is 1. The van der Waals surface area contributed by atoms with E-state index in [1.54, 1.807) is 36.1 Å². The number of rotatable bonds is 5. The third-order valence-corrected chi connectivity index (χ3v) is 3.54. The monoisotopic (exact) mass is 325 g/mol. The Balaban J connectivity index is 1.61. The summed E-state index contributed by atoms with van der Waals surface area (Å²) >= 11 is 0. The molecule has 0 radical (unpaired) electrons. The first-order valence-electron chi connectivity index (χ1n) is 7.61. The molecule has 1 N–H and O–H groups in total. The van der Waals surface area contributed by atoms with E-state index >= 15 is 0 Å². The van der Waals surface area contributed by atoms with Crippen LogP contribution in [-0.2, 0) is 13.7 Å². The minimum absolute atomic E-state index is 0.222. The zero-order valence-electron chi connectivity index (χ0n) is 13.9. The number of aryl methyl sites for hydroxylation is 3. The number of hydrogen-bond acceptors (Lipinski definition) is 4. The average molecular weight is 325 g/mol. The van der Waals surface area contributed by atoms with Gasteiger partial charge in [0.2, 0.25) is 0 Å². The summed E-state index contributed by atoms with van der Waals surface area (Å²) in [4.78, 5) is 12.1. The number of benzene rings is 1. The van der Waals surface area contributed by atoms with E-state index in [1.807, 2.05) is 26.0 Å². The molecule has 0 aliphatic heterocycles. The van der Waals surface area contributed by atoms with Crippen LogP contribution >= 0.6 is 0 Å². The molecule has 2 heterocycles. The average Bonchev–Trinajstić information content (AvgIpc) is 3.15. The molecular weight excluding hydrogens is 306 g/mol. The van der Waals surface area contributed by atoms with Crippen molar-refractivity contribution in [2.45, 2.75) is 20.5 Å². The van der Waals surface area contributed by atoms with Gasteiger partial charge in [0.15, 0.2) is 11.6 Å². The maximum Gasteiger partial charge on any atom is 0.292 e. The molecule has 3 aromatic rings. The van der Waals surface area contributed by atoms with Crippen LogP contribution in [0.15, 0.2) is 47.0 Å². The highest BCUT2D eigenvalue weighted by molar-refractivity contribution is 6.01. The van der Waals surface area contributed by atoms with Gasteiger partial charge in [-0.2, -0.15) is 5.10 Å². The number of carbonyl (C=O) groups is 1. The summed E-state index contributed by atoms with van der Waals surface area (Å²) < 4.78 is 12.9. The number of ether oxygens (including phenoxy) is 1. The molecule has 2 aromatic heterocycles. The largest absolute Gasteiger partial charge is 0.485 e. The van der Waals surface area contributed by atoms with Crippen molar-refractivity contribution in [2.75, 3.05) is 5.32 Å². The molecule has 6 nitrogen and oxygen atoms in total. The van der Waals surface area contributed by atoms with Crippen molar-refractivity contribution in [3.63, 3.8) is 0 Å². The van der Waals surface area contributed by atoms with Crippen LogP contribution in [0.2, 0.25) is 0 Å². The van der Waals surface area contributed by atoms with Crippen LogP contribution < -0.4 is 10.1 Å². The van der Waals surface area contributed by atoms with Gasteiger partial charge in [0.25, 0.3) is 5.91 Å². The van der Waals surface area contributed by atoms with Crippen LogP contribution in [-0.4, -0.2) is 15.7 Å². The van der Waals surface area contributed by atoms with Gasteiger partial charge in [0.05, 0.1) is 0 Å². The van der Waals surface area contributed by atoms with Crippen LogP contribution in [0.3, 0.4) is 0 Å². The van der Waals surface area contributed by atoms with E-state index in [0.29, 0.717) is 11.6 Å². The van der Waals surface area contributed by atoms with Gasteiger partial charge >= 0.3 is 0 Å². The summed E-state index contributed by atoms with van der Waals surface area (Å²) in [6, 6.07) is 11.1. The lowest BCUT2D eigenvalue weighted by atomic mass is 10.1. The van der Waals surface area contributed by atoms with E-state index in [0.717, 1.165) is 11.3 Å². The lowest BCUT2D eigenvalue weighted by Gasteiger charge is -2.08. The van der Waals surface area contributed by atoms with Gasteiger partial charge in [-0.05, 0) is 37.6 Å². The molecule has 1 aromatic carbocycles. The van der Waals surface area contributed by atoms with Crippen LogP contribution in [0.4, 0.5) is 5.82 Å². The Morgan fingerprint density at radius 1 is 1.25 bits per heavy atom. The Morgan fingerprint density at radius 2 is 2.08 bits per heavy atom. The molecule has 0 aliphatic carbocycles. The van der Waals surface area contributed by atoms with Crippen molar-refractivity contribution in [3.05, 3.63) is 65.2 Å². The van der Waals surface area contributed by atoms with Crippen molar-refractivity contribution in [2.24, 2.45) is 7.05 Å². The summed E-state index contributed by atoms with van der Waals surface area (Å²) in [6.45, 7) is 4.30. The number of furan rings is 1. The van der Waals surface area contributed by atoms with E-state index in [4.69, 9.17) is 9.15 Å². The third-order valence-electron chi connectivity index (χ3n) is 3.54. The molecule has 0 atom stereocenters. The SMILES string of the molecule is Cc1ccc(OCc2ccc(C(=O)Nc3ccn(C)n3)o2)c(C)c1. The standard InChI is InChI=1S/C18H19N3O3/c1-12-4-6-15(13(2)10-12)23-11-14-5-7-16(24-14)18(22)19-17-8-9-21(3)20-17/h4-10H,11H2,1-3H3,(H,19,20,22). The molecule has 0 spiro atoms. The van der Waals surface area contributed by atoms with Gasteiger partial charge in [0, 0.05) is 19.3 Å². The van der Waals surface area contributed by atoms with Crippen molar-refractivity contribution in [1.29, 1.82) is 0 Å². The first-order valence-corrected chi connectivity index (χ1v) is 7.61. The first-order chi connectivity index (χ1) is 11.5. The summed E-state index contributed by atoms with van der Waals surface area (Å²) in [7, 11) is 1.78. The molecule has 6 heteroatoms. The summed E-state index contributed by atoms with van der Waals surface area (Å²) in [5, 5.41) is 6.77. The Hall–Kier alpha value is -3.02. The zero-order valence-corrected chi connectivity index (χ0v) is 13.9. The van der Waals surface area contributed by atoms with Crippen LogP contribution in [0.1, 0.15) is 27.4 Å². The molecule has 24 heavy (non-hydrogen) atoms. The van der Waals surface area contributed by atoms with Gasteiger partial charge in [-0.1, -0.05) is 17.7 Å². The molecule has 0 saturated carbocycles. The third kappa shape index (κ3) is 3.65. The van der Waals surface area contributed by atoms with Crippen molar-refractivity contribution < 1.29 is 13.9 Å². The molecule has 1 amide bonds. The molecule has 3 rings (SSSR count). The quantitative estimate of drug-likeness (QED) is 0.780. The minimum atomic E-state index is -0.341. The van der Waals surface area contributed by atoms with Crippen molar-refractivity contribution >= 4 is 11.7 Å². The highest BCUT2D eigenvalue weighted by Gasteiger charge is 2.13. The Bertz CT molecular complexity index is 864. The summed E-state index contributed by atoms with van der Waals surface area (Å²) in [5.74, 6) is 1.75. The lowest BCUT2D eigenvalue weighted by molar-refractivity contribution is 0.0992. The van der Waals surface area contributed by atoms with Crippen LogP contribution in [0.5, 0.6) is 5.75 Å². The fourth-order valence-electron chi connectivity index (χ4n) is 2.35. The van der Waals surface area contributed by atoms with Gasteiger partial charge in [-0.15, -0.1) is 0 Å². The topological polar surface area (TPSA) is 69.3 Å². The second kappa shape index (κ2) is 6.62. The normalized spacial score (nSPS) is 10.6. The molecule has 0 unspecified atom stereocenters. The molecule has 0 aliphatic rings. The number of nitrogens with one attached hydrogen (secondary N) is 1. The van der Waals surface area contributed by atoms with E-state index < -0.39 is 0 Å². The van der Waals surface area contributed by atoms with Gasteiger partial charge in [-0.3, -0.25) is 9.48 Å². The second-order valence-corrected chi connectivity index (χ2v) is 5.65. The van der Waals surface area contributed by atoms with Crippen LogP contribution in [0, 0.1) is 13.8 Å². The molecule has 0 saturated heterocycles. The predicted molar refractivity (Wildman–Crippen MR) is 90.1 cm³/mol. The number of aromatic nitrogens is 2. The fraction of sp³-hybridized carbons (Fsp3) is 0.222. The van der Waals surface area contributed by atoms with E-state index in [2.05, 4.69) is 16.5 Å². The molecule has 124 valence electrons. The zero-order chi connectivity index (χ0) is 17.1. The van der Waals surface area contributed by atoms with Gasteiger partial charge < -0.3 is 14.5 Å². The lowest BCUT2D eigenvalue weighted by Crippen LogP contribution is -2.11. The minimum Gasteiger partial charge on any atom is -0.485 e. The summed E-state index contributed by atoms with van der Waals surface area (Å²) in [6.07, 6.45) is 1.75. The molecule has 0 bridgehead atoms. The van der Waals surface area contributed by atoms with E-state index in [1.165, 1.54) is 5.56 Å². The number of carbonyl (C=O) groups excluding carboxylic acids is 1. The predicted octanol–water partition coefficient (Wildman–Crippen LogP) is 3.46. The first kappa shape index (κ1) is 15.9. The number of anilines is 1. The number of nitrogens with zero attached hydrogens (tertiary/aromatic N) is 2. The maximum atomic E-state index is 12.1. The molecular formula is C18H19N3O3. The van der Waals surface area contributed by atoms with Crippen LogP contribution in [0.25, 0.3) is 0 Å².